The number of ether oxygens (including phenoxy) is 1. The van der Waals surface area contributed by atoms with Crippen LogP contribution >= 0.6 is 0 Å². The summed E-state index contributed by atoms with van der Waals surface area (Å²) >= 11 is 0. The van der Waals surface area contributed by atoms with Gasteiger partial charge in [0.2, 0.25) is 0 Å². The highest BCUT2D eigenvalue weighted by molar-refractivity contribution is 5.95. The van der Waals surface area contributed by atoms with E-state index in [4.69, 9.17) is 16.2 Å². The van der Waals surface area contributed by atoms with E-state index in [0.717, 1.165) is 5.56 Å². The van der Waals surface area contributed by atoms with Gasteiger partial charge in [-0.05, 0) is 54.5 Å². The number of carbonyl (C=O) groups is 1. The molecule has 2 aromatic carbocycles. The molecule has 0 atom stereocenters. The lowest BCUT2D eigenvalue weighted by Crippen LogP contribution is -2.10. The number of hydrogen-bond donors (Lipinski definition) is 2. The van der Waals surface area contributed by atoms with Crippen molar-refractivity contribution in [2.75, 3.05) is 11.5 Å². The molecule has 2 rings (SSSR count). The minimum Gasteiger partial charge on any atom is -0.423 e. The van der Waals surface area contributed by atoms with Gasteiger partial charge in [0.15, 0.2) is 0 Å². The van der Waals surface area contributed by atoms with Crippen molar-refractivity contribution in [3.63, 3.8) is 0 Å². The van der Waals surface area contributed by atoms with Gasteiger partial charge in [0, 0.05) is 16.9 Å². The predicted octanol–water partition coefficient (Wildman–Crippen LogP) is 3.25. The van der Waals surface area contributed by atoms with Crippen molar-refractivity contribution in [1.29, 1.82) is 0 Å². The quantitative estimate of drug-likeness (QED) is 0.390. The van der Waals surface area contributed by atoms with Crippen LogP contribution in [0.25, 0.3) is 6.08 Å². The minimum absolute atomic E-state index is 0.362. The Hall–Kier alpha value is -2.75. The topological polar surface area (TPSA) is 78.3 Å². The highest BCUT2D eigenvalue weighted by Gasteiger charge is 2.10. The smallest absolute Gasteiger partial charge is 0.339 e. The first-order chi connectivity index (χ1) is 10.1. The number of esters is 1. The van der Waals surface area contributed by atoms with Gasteiger partial charge in [0.1, 0.15) is 5.75 Å². The molecule has 0 aliphatic heterocycles. The summed E-state index contributed by atoms with van der Waals surface area (Å²) in [6, 6.07) is 14.0. The second-order valence-electron chi connectivity index (χ2n) is 4.65. The summed E-state index contributed by atoms with van der Waals surface area (Å²) in [4.78, 5) is 12.2. The van der Waals surface area contributed by atoms with Gasteiger partial charge in [0.05, 0.1) is 0 Å². The van der Waals surface area contributed by atoms with Crippen molar-refractivity contribution in [2.24, 2.45) is 0 Å². The number of hydrogen-bond acceptors (Lipinski definition) is 4. The Labute approximate surface area is 124 Å². The predicted molar refractivity (Wildman–Crippen MR) is 85.6 cm³/mol. The van der Waals surface area contributed by atoms with Crippen LogP contribution in [0.15, 0.2) is 54.1 Å². The van der Waals surface area contributed by atoms with Crippen molar-refractivity contribution in [3.05, 3.63) is 59.7 Å². The second kappa shape index (κ2) is 6.61. The van der Waals surface area contributed by atoms with Crippen LogP contribution in [0.3, 0.4) is 0 Å². The van der Waals surface area contributed by atoms with Gasteiger partial charge in [0.25, 0.3) is 0 Å². The SMILES string of the molecule is CC/C(=C\c1ccc(N)cc1)C(=O)Oc1ccc(N)cc1. The molecule has 0 aliphatic carbocycles. The molecular weight excluding hydrogens is 264 g/mol. The summed E-state index contributed by atoms with van der Waals surface area (Å²) < 4.78 is 5.33. The third-order valence-electron chi connectivity index (χ3n) is 3.01. The molecule has 0 aliphatic rings. The zero-order valence-electron chi connectivity index (χ0n) is 11.9. The zero-order valence-corrected chi connectivity index (χ0v) is 11.9. The van der Waals surface area contributed by atoms with Gasteiger partial charge in [-0.1, -0.05) is 19.1 Å². The Morgan fingerprint density at radius 1 is 1.00 bits per heavy atom. The van der Waals surface area contributed by atoms with E-state index >= 15 is 0 Å². The first kappa shape index (κ1) is 14.7. The fraction of sp³-hybridized carbons (Fsp3) is 0.118. The van der Waals surface area contributed by atoms with Gasteiger partial charge in [-0.15, -0.1) is 0 Å². The van der Waals surface area contributed by atoms with Crippen LogP contribution in [0.2, 0.25) is 0 Å². The Morgan fingerprint density at radius 3 is 2.05 bits per heavy atom. The average molecular weight is 282 g/mol. The van der Waals surface area contributed by atoms with Crippen LogP contribution < -0.4 is 16.2 Å². The van der Waals surface area contributed by atoms with Crippen molar-refractivity contribution < 1.29 is 9.53 Å². The Bertz CT molecular complexity index is 643. The molecule has 0 fully saturated rings. The lowest BCUT2D eigenvalue weighted by molar-refractivity contribution is -0.130. The number of nitrogen functional groups attached to an aromatic ring is 2. The van der Waals surface area contributed by atoms with E-state index in [1.807, 2.05) is 19.1 Å². The number of nitrogens with two attached hydrogens (primary N) is 2. The number of benzene rings is 2. The van der Waals surface area contributed by atoms with Crippen LogP contribution in [0, 0.1) is 0 Å². The molecule has 0 radical (unpaired) electrons. The van der Waals surface area contributed by atoms with E-state index in [-0.39, 0.29) is 5.97 Å². The maximum absolute atomic E-state index is 12.2. The largest absolute Gasteiger partial charge is 0.423 e. The third-order valence-corrected chi connectivity index (χ3v) is 3.01. The molecular formula is C17H18N2O2. The number of anilines is 2. The molecule has 0 unspecified atom stereocenters. The van der Waals surface area contributed by atoms with Crippen LogP contribution in [-0.2, 0) is 4.79 Å². The summed E-state index contributed by atoms with van der Waals surface area (Å²) in [5.74, 6) is 0.116. The first-order valence-corrected chi connectivity index (χ1v) is 6.72. The fourth-order valence-electron chi connectivity index (χ4n) is 1.81. The summed E-state index contributed by atoms with van der Waals surface area (Å²) in [6.45, 7) is 1.91. The maximum atomic E-state index is 12.2. The number of rotatable bonds is 4. The second-order valence-corrected chi connectivity index (χ2v) is 4.65. The molecule has 0 spiro atoms. The Balaban J connectivity index is 2.14. The third kappa shape index (κ3) is 4.11. The molecule has 0 saturated heterocycles. The summed E-state index contributed by atoms with van der Waals surface area (Å²) in [7, 11) is 0. The first-order valence-electron chi connectivity index (χ1n) is 6.72. The molecule has 0 bridgehead atoms. The molecule has 0 saturated carbocycles. The highest BCUT2D eigenvalue weighted by Crippen LogP contribution is 2.17. The number of carbonyl (C=O) groups excluding carboxylic acids is 1. The van der Waals surface area contributed by atoms with Gasteiger partial charge in [-0.3, -0.25) is 0 Å². The van der Waals surface area contributed by atoms with Gasteiger partial charge in [-0.2, -0.15) is 0 Å². The molecule has 21 heavy (non-hydrogen) atoms. The monoisotopic (exact) mass is 282 g/mol. The minimum atomic E-state index is -0.362. The van der Waals surface area contributed by atoms with Crippen LogP contribution in [0.5, 0.6) is 5.75 Å². The molecule has 0 amide bonds. The van der Waals surface area contributed by atoms with Crippen LogP contribution in [0.4, 0.5) is 11.4 Å². The van der Waals surface area contributed by atoms with E-state index in [9.17, 15) is 4.79 Å². The summed E-state index contributed by atoms with van der Waals surface area (Å²) in [6.07, 6.45) is 2.39. The summed E-state index contributed by atoms with van der Waals surface area (Å²) in [5, 5.41) is 0. The molecule has 2 aromatic rings. The Kier molecular flexibility index (Phi) is 4.61. The molecule has 4 nitrogen and oxygen atoms in total. The highest BCUT2D eigenvalue weighted by atomic mass is 16.5. The van der Waals surface area contributed by atoms with Crippen molar-refractivity contribution in [1.82, 2.24) is 0 Å². The van der Waals surface area contributed by atoms with E-state index in [2.05, 4.69) is 0 Å². The van der Waals surface area contributed by atoms with E-state index in [1.165, 1.54) is 0 Å². The molecule has 108 valence electrons. The molecule has 0 aromatic heterocycles. The van der Waals surface area contributed by atoms with Crippen LogP contribution in [-0.4, -0.2) is 5.97 Å². The van der Waals surface area contributed by atoms with Crippen molar-refractivity contribution in [2.45, 2.75) is 13.3 Å². The van der Waals surface area contributed by atoms with E-state index in [1.54, 1.807) is 42.5 Å². The maximum Gasteiger partial charge on any atom is 0.339 e. The van der Waals surface area contributed by atoms with Gasteiger partial charge >= 0.3 is 5.97 Å². The average Bonchev–Trinajstić information content (AvgIpc) is 2.49. The standard InChI is InChI=1S/C17H18N2O2/c1-2-13(11-12-3-5-14(18)6-4-12)17(20)21-16-9-7-15(19)8-10-16/h3-11H,2,18-19H2,1H3/b13-11+. The van der Waals surface area contributed by atoms with Gasteiger partial charge in [-0.25, -0.2) is 4.79 Å². The lowest BCUT2D eigenvalue weighted by Gasteiger charge is -2.07. The zero-order chi connectivity index (χ0) is 15.2. The van der Waals surface area contributed by atoms with Gasteiger partial charge < -0.3 is 16.2 Å². The normalized spacial score (nSPS) is 11.2. The molecule has 4 N–H and O–H groups in total. The van der Waals surface area contributed by atoms with E-state index in [0.29, 0.717) is 29.1 Å². The Morgan fingerprint density at radius 2 is 1.52 bits per heavy atom. The molecule has 4 heteroatoms. The fourth-order valence-corrected chi connectivity index (χ4v) is 1.81. The molecule has 0 heterocycles. The summed E-state index contributed by atoms with van der Waals surface area (Å²) in [5.41, 5.74) is 14.1. The van der Waals surface area contributed by atoms with Crippen LogP contribution in [0.1, 0.15) is 18.9 Å². The lowest BCUT2D eigenvalue weighted by atomic mass is 10.1. The van der Waals surface area contributed by atoms with E-state index < -0.39 is 0 Å². The van der Waals surface area contributed by atoms with Crippen molar-refractivity contribution in [3.8, 4) is 5.75 Å². The van der Waals surface area contributed by atoms with Crippen molar-refractivity contribution >= 4 is 23.4 Å².